The summed E-state index contributed by atoms with van der Waals surface area (Å²) in [6.45, 7) is 2.41. The van der Waals surface area contributed by atoms with E-state index in [4.69, 9.17) is 4.55 Å². The van der Waals surface area contributed by atoms with Gasteiger partial charge in [-0.15, -0.1) is 0 Å². The van der Waals surface area contributed by atoms with Crippen LogP contribution in [0.5, 0.6) is 0 Å². The van der Waals surface area contributed by atoms with Gasteiger partial charge in [0.1, 0.15) is 0 Å². The Bertz CT molecular complexity index is 1060. The predicted octanol–water partition coefficient (Wildman–Crippen LogP) is 25.6. The lowest BCUT2D eigenvalue weighted by Crippen LogP contribution is -2.04. The van der Waals surface area contributed by atoms with Crippen LogP contribution in [0.2, 0.25) is 0 Å². The van der Waals surface area contributed by atoms with E-state index in [1.54, 1.807) is 0 Å². The first-order valence-electron chi connectivity index (χ1n) is 34.7. The predicted molar refractivity (Wildman–Crippen MR) is 328 cm³/mol. The lowest BCUT2D eigenvalue weighted by Gasteiger charge is -2.05. The highest BCUT2D eigenvalue weighted by atomic mass is 32.3. The molecule has 0 radical (unpaired) electrons. The van der Waals surface area contributed by atoms with Gasteiger partial charge in [0, 0.05) is 0 Å². The summed E-state index contributed by atoms with van der Waals surface area (Å²) in [5, 5.41) is 0. The maximum atomic E-state index is 10.5. The molecule has 0 unspecified atom stereocenters. The average Bonchev–Trinajstić information content (AvgIpc) is 3.38. The minimum atomic E-state index is -4.26. The molecule has 0 rings (SSSR count). The maximum Gasteiger partial charge on any atom is 0.397 e. The van der Waals surface area contributed by atoms with Crippen molar-refractivity contribution in [3.63, 3.8) is 0 Å². The van der Waals surface area contributed by atoms with Crippen molar-refractivity contribution in [1.29, 1.82) is 0 Å². The van der Waals surface area contributed by atoms with Gasteiger partial charge in [-0.05, 0) is 6.42 Å². The van der Waals surface area contributed by atoms with Crippen LogP contribution in [0.4, 0.5) is 0 Å². The molecule has 0 heterocycles. The van der Waals surface area contributed by atoms with Gasteiger partial charge >= 0.3 is 10.4 Å². The molecule has 0 aliphatic heterocycles. The zero-order valence-electron chi connectivity index (χ0n) is 50.5. The van der Waals surface area contributed by atoms with Gasteiger partial charge < -0.3 is 0 Å². The van der Waals surface area contributed by atoms with Crippen molar-refractivity contribution in [3.8, 4) is 0 Å². The average molecular weight is 1050 g/mol. The minimum Gasteiger partial charge on any atom is -0.264 e. The van der Waals surface area contributed by atoms with Gasteiger partial charge in [0.05, 0.1) is 6.61 Å². The van der Waals surface area contributed by atoms with Crippen molar-refractivity contribution in [3.05, 3.63) is 0 Å². The molecular weight excluding hydrogens is 913 g/mol. The second-order valence-electron chi connectivity index (χ2n) is 24.2. The van der Waals surface area contributed by atoms with E-state index in [9.17, 15) is 8.42 Å². The van der Waals surface area contributed by atoms with E-state index in [2.05, 4.69) is 11.1 Å². The maximum absolute atomic E-state index is 10.5. The van der Waals surface area contributed by atoms with Crippen molar-refractivity contribution in [2.45, 2.75) is 431 Å². The van der Waals surface area contributed by atoms with Crippen molar-refractivity contribution in [1.82, 2.24) is 0 Å². The first-order valence-corrected chi connectivity index (χ1v) is 36.0. The summed E-state index contributed by atoms with van der Waals surface area (Å²) < 4.78 is 33.9. The summed E-state index contributed by atoms with van der Waals surface area (Å²) in [4.78, 5) is 0. The third-order valence-electron chi connectivity index (χ3n) is 16.7. The van der Waals surface area contributed by atoms with Crippen LogP contribution in [0.1, 0.15) is 431 Å². The summed E-state index contributed by atoms with van der Waals surface area (Å²) in [5.41, 5.74) is 0. The summed E-state index contributed by atoms with van der Waals surface area (Å²) in [6, 6.07) is 0. The van der Waals surface area contributed by atoms with Crippen LogP contribution in [0, 0.1) is 0 Å². The van der Waals surface area contributed by atoms with Gasteiger partial charge in [-0.2, -0.15) is 8.42 Å². The molecule has 0 bridgehead atoms. The quantitative estimate of drug-likeness (QED) is 0.0487. The van der Waals surface area contributed by atoms with Gasteiger partial charge in [0.15, 0.2) is 0 Å². The molecular formula is C68H138O4S. The highest BCUT2D eigenvalue weighted by Crippen LogP contribution is 2.20. The highest BCUT2D eigenvalue weighted by Gasteiger charge is 2.04. The molecule has 73 heavy (non-hydrogen) atoms. The molecule has 0 fully saturated rings. The largest absolute Gasteiger partial charge is 0.397 e. The van der Waals surface area contributed by atoms with Crippen LogP contribution >= 0.6 is 0 Å². The molecule has 0 saturated carbocycles. The number of unbranched alkanes of at least 4 members (excludes halogenated alkanes) is 65. The fourth-order valence-electron chi connectivity index (χ4n) is 11.7. The monoisotopic (exact) mass is 1050 g/mol. The topological polar surface area (TPSA) is 63.6 Å². The van der Waals surface area contributed by atoms with Crippen molar-refractivity contribution in [2.24, 2.45) is 0 Å². The van der Waals surface area contributed by atoms with E-state index < -0.39 is 10.4 Å². The summed E-state index contributed by atoms with van der Waals surface area (Å²) >= 11 is 0. The van der Waals surface area contributed by atoms with E-state index >= 15 is 0 Å². The second-order valence-corrected chi connectivity index (χ2v) is 25.3. The van der Waals surface area contributed by atoms with E-state index in [1.165, 1.54) is 405 Å². The van der Waals surface area contributed by atoms with Crippen molar-refractivity contribution < 1.29 is 17.2 Å². The van der Waals surface area contributed by atoms with Crippen LogP contribution in [-0.2, 0) is 14.6 Å². The molecule has 4 nitrogen and oxygen atoms in total. The Morgan fingerprint density at radius 2 is 0.288 bits per heavy atom. The molecule has 0 aliphatic rings. The molecule has 0 amide bonds. The van der Waals surface area contributed by atoms with Crippen molar-refractivity contribution >= 4 is 10.4 Å². The Hall–Kier alpha value is -0.130. The van der Waals surface area contributed by atoms with Gasteiger partial charge in [0.25, 0.3) is 0 Å². The van der Waals surface area contributed by atoms with Crippen LogP contribution in [-0.4, -0.2) is 19.6 Å². The molecule has 0 atom stereocenters. The van der Waals surface area contributed by atoms with Gasteiger partial charge in [-0.25, -0.2) is 4.18 Å². The number of rotatable bonds is 68. The third-order valence-corrected chi connectivity index (χ3v) is 17.2. The van der Waals surface area contributed by atoms with E-state index in [-0.39, 0.29) is 6.61 Å². The fraction of sp³-hybridized carbons (Fsp3) is 1.00. The molecule has 0 aliphatic carbocycles. The Morgan fingerprint density at radius 1 is 0.192 bits per heavy atom. The van der Waals surface area contributed by atoms with Gasteiger partial charge in [0.2, 0.25) is 0 Å². The van der Waals surface area contributed by atoms with E-state index in [1.807, 2.05) is 0 Å². The van der Waals surface area contributed by atoms with Crippen LogP contribution in [0.15, 0.2) is 0 Å². The Labute approximate surface area is 462 Å². The smallest absolute Gasteiger partial charge is 0.264 e. The Kier molecular flexibility index (Phi) is 66.0. The lowest BCUT2D eigenvalue weighted by atomic mass is 10.0. The molecule has 440 valence electrons. The molecule has 5 heteroatoms. The summed E-state index contributed by atoms with van der Waals surface area (Å²) in [5.74, 6) is 0. The van der Waals surface area contributed by atoms with E-state index in [0.29, 0.717) is 6.42 Å². The van der Waals surface area contributed by atoms with Crippen LogP contribution in [0.25, 0.3) is 0 Å². The number of hydrogen-bond acceptors (Lipinski definition) is 3. The molecule has 0 spiro atoms. The zero-order chi connectivity index (χ0) is 52.6. The second kappa shape index (κ2) is 66.2. The molecule has 0 aromatic heterocycles. The first kappa shape index (κ1) is 72.9. The van der Waals surface area contributed by atoms with Gasteiger partial charge in [-0.1, -0.05) is 424 Å². The molecule has 1 N–H and O–H groups in total. The Morgan fingerprint density at radius 3 is 0.384 bits per heavy atom. The normalized spacial score (nSPS) is 12.0. The third kappa shape index (κ3) is 71.9. The highest BCUT2D eigenvalue weighted by molar-refractivity contribution is 7.80. The Balaban J connectivity index is 3.08. The standard InChI is InChI=1S/C68H138O4S/c1-2-3-4-5-6-7-8-9-10-11-12-13-14-15-16-17-18-19-20-21-22-23-24-25-26-27-28-29-30-31-32-33-34-35-36-37-38-39-40-41-42-43-44-45-46-47-48-49-50-51-52-53-54-55-56-57-58-59-60-61-62-63-64-65-66-67-68-72-73(69,70)71/h2-68H2,1H3,(H,69,70,71). The fourth-order valence-corrected chi connectivity index (χ4v) is 12.0. The molecule has 0 aromatic rings. The lowest BCUT2D eigenvalue weighted by molar-refractivity contribution is 0.261. The van der Waals surface area contributed by atoms with Crippen LogP contribution in [0.3, 0.4) is 0 Å². The summed E-state index contributed by atoms with van der Waals surface area (Å²) in [7, 11) is -4.26. The van der Waals surface area contributed by atoms with E-state index in [0.717, 1.165) is 12.8 Å². The van der Waals surface area contributed by atoms with Gasteiger partial charge in [-0.3, -0.25) is 4.55 Å². The SMILES string of the molecule is CCCCCCCCCCCCCCCCCCCCCCCCCCCCCCCCCCCCCCCCCCCCCCCCCCCCCCCCCCCCCCCCCCCCOS(=O)(=O)O. The zero-order valence-corrected chi connectivity index (χ0v) is 51.3. The molecule has 0 aromatic carbocycles. The van der Waals surface area contributed by atoms with Crippen LogP contribution < -0.4 is 0 Å². The molecule has 0 saturated heterocycles. The first-order chi connectivity index (χ1) is 36.1. The minimum absolute atomic E-state index is 0.0960. The van der Waals surface area contributed by atoms with Crippen molar-refractivity contribution in [2.75, 3.05) is 6.61 Å². The number of hydrogen-bond donors (Lipinski definition) is 1. The summed E-state index contributed by atoms with van der Waals surface area (Å²) in [6.07, 6.45) is 94.9.